The van der Waals surface area contributed by atoms with Crippen LogP contribution in [-0.2, 0) is 0 Å². The maximum atomic E-state index is 12.7. The summed E-state index contributed by atoms with van der Waals surface area (Å²) < 4.78 is 0. The Labute approximate surface area is 173 Å². The van der Waals surface area contributed by atoms with E-state index in [-0.39, 0.29) is 16.3 Å². The topological polar surface area (TPSA) is 78.7 Å². The molecule has 0 saturated carbocycles. The van der Waals surface area contributed by atoms with Crippen molar-refractivity contribution in [1.82, 2.24) is 4.90 Å². The van der Waals surface area contributed by atoms with Crippen LogP contribution >= 0.6 is 23.2 Å². The molecule has 0 unspecified atom stereocenters. The lowest BCUT2D eigenvalue weighted by Gasteiger charge is -2.36. The summed E-state index contributed by atoms with van der Waals surface area (Å²) in [7, 11) is 0. The van der Waals surface area contributed by atoms with E-state index in [2.05, 4.69) is 22.0 Å². The summed E-state index contributed by atoms with van der Waals surface area (Å²) in [4.78, 5) is 27.7. The SMILES string of the molecule is CCN1CCN(c2ccc(Cl)cc2NC(=O)c2ccc(Cl)c([N+](=O)[O-])c2)CC1. The van der Waals surface area contributed by atoms with Crippen LogP contribution in [0.4, 0.5) is 17.1 Å². The largest absolute Gasteiger partial charge is 0.367 e. The molecule has 0 atom stereocenters. The summed E-state index contributed by atoms with van der Waals surface area (Å²) >= 11 is 12.0. The number of nitrogens with one attached hydrogen (secondary N) is 1. The number of nitro benzene ring substituents is 1. The third-order valence-electron chi connectivity index (χ3n) is 4.77. The zero-order valence-corrected chi connectivity index (χ0v) is 16.8. The first-order valence-electron chi connectivity index (χ1n) is 8.91. The van der Waals surface area contributed by atoms with E-state index in [9.17, 15) is 14.9 Å². The molecule has 7 nitrogen and oxygen atoms in total. The van der Waals surface area contributed by atoms with Gasteiger partial charge in [-0.3, -0.25) is 14.9 Å². The van der Waals surface area contributed by atoms with Crippen molar-refractivity contribution in [2.75, 3.05) is 42.9 Å². The van der Waals surface area contributed by atoms with E-state index < -0.39 is 10.8 Å². The molecule has 3 rings (SSSR count). The molecule has 0 aromatic heterocycles. The lowest BCUT2D eigenvalue weighted by atomic mass is 10.1. The van der Waals surface area contributed by atoms with Gasteiger partial charge in [0.1, 0.15) is 5.02 Å². The number of hydrogen-bond donors (Lipinski definition) is 1. The fourth-order valence-corrected chi connectivity index (χ4v) is 3.54. The predicted molar refractivity (Wildman–Crippen MR) is 112 cm³/mol. The van der Waals surface area contributed by atoms with Crippen LogP contribution in [0.25, 0.3) is 0 Å². The monoisotopic (exact) mass is 422 g/mol. The van der Waals surface area contributed by atoms with Gasteiger partial charge in [-0.05, 0) is 36.9 Å². The second-order valence-electron chi connectivity index (χ2n) is 6.46. The summed E-state index contributed by atoms with van der Waals surface area (Å²) in [6.45, 7) is 6.70. The van der Waals surface area contributed by atoms with Gasteiger partial charge in [0.05, 0.1) is 16.3 Å². The number of halogens is 2. The van der Waals surface area contributed by atoms with Gasteiger partial charge in [-0.2, -0.15) is 0 Å². The third kappa shape index (κ3) is 4.55. The predicted octanol–water partition coefficient (Wildman–Crippen LogP) is 4.30. The van der Waals surface area contributed by atoms with Gasteiger partial charge < -0.3 is 15.1 Å². The molecule has 2 aromatic carbocycles. The van der Waals surface area contributed by atoms with Crippen molar-refractivity contribution in [3.05, 3.63) is 62.1 Å². The van der Waals surface area contributed by atoms with E-state index in [0.717, 1.165) is 38.4 Å². The second kappa shape index (κ2) is 8.77. The molecule has 0 aliphatic carbocycles. The van der Waals surface area contributed by atoms with Crippen LogP contribution < -0.4 is 10.2 Å². The molecule has 1 aliphatic heterocycles. The molecule has 2 aromatic rings. The quantitative estimate of drug-likeness (QED) is 0.573. The lowest BCUT2D eigenvalue weighted by Crippen LogP contribution is -2.46. The number of likely N-dealkylation sites (N-methyl/N-ethyl adjacent to an activating group) is 1. The number of nitrogens with zero attached hydrogens (tertiary/aromatic N) is 3. The van der Waals surface area contributed by atoms with E-state index in [1.54, 1.807) is 12.1 Å². The number of amides is 1. The Balaban J connectivity index is 1.84. The molecule has 1 saturated heterocycles. The van der Waals surface area contributed by atoms with Gasteiger partial charge in [-0.1, -0.05) is 30.1 Å². The molecular formula is C19H20Cl2N4O3. The summed E-state index contributed by atoms with van der Waals surface area (Å²) in [5.41, 5.74) is 1.28. The minimum atomic E-state index is -0.614. The standard InChI is InChI=1S/C19H20Cl2N4O3/c1-2-23-7-9-24(10-8-23)17-6-4-14(20)12-16(17)22-19(26)13-3-5-15(21)18(11-13)25(27)28/h3-6,11-12H,2,7-10H2,1H3,(H,22,26). The number of carbonyl (C=O) groups excluding carboxylic acids is 1. The number of piperazine rings is 1. The normalized spacial score (nSPS) is 14.8. The van der Waals surface area contributed by atoms with Crippen LogP contribution in [-0.4, -0.2) is 48.5 Å². The van der Waals surface area contributed by atoms with Crippen molar-refractivity contribution >= 4 is 46.2 Å². The average molecular weight is 423 g/mol. The Morgan fingerprint density at radius 3 is 2.50 bits per heavy atom. The Morgan fingerprint density at radius 2 is 1.86 bits per heavy atom. The highest BCUT2D eigenvalue weighted by Gasteiger charge is 2.21. The van der Waals surface area contributed by atoms with Crippen molar-refractivity contribution in [2.45, 2.75) is 6.92 Å². The highest BCUT2D eigenvalue weighted by atomic mass is 35.5. The van der Waals surface area contributed by atoms with E-state index in [0.29, 0.717) is 10.7 Å². The first kappa shape index (κ1) is 20.4. The van der Waals surface area contributed by atoms with Gasteiger partial charge in [0.15, 0.2) is 0 Å². The fourth-order valence-electron chi connectivity index (χ4n) is 3.18. The lowest BCUT2D eigenvalue weighted by molar-refractivity contribution is -0.384. The van der Waals surface area contributed by atoms with Crippen molar-refractivity contribution in [2.24, 2.45) is 0 Å². The Hall–Kier alpha value is -2.35. The highest BCUT2D eigenvalue weighted by Crippen LogP contribution is 2.31. The van der Waals surface area contributed by atoms with E-state index in [1.165, 1.54) is 18.2 Å². The molecule has 0 bridgehead atoms. The minimum Gasteiger partial charge on any atom is -0.367 e. The van der Waals surface area contributed by atoms with E-state index in [4.69, 9.17) is 23.2 Å². The molecule has 1 amide bonds. The first-order chi connectivity index (χ1) is 13.4. The summed E-state index contributed by atoms with van der Waals surface area (Å²) in [5.74, 6) is -0.463. The van der Waals surface area contributed by atoms with Crippen LogP contribution in [0.2, 0.25) is 10.0 Å². The van der Waals surface area contributed by atoms with Gasteiger partial charge in [-0.25, -0.2) is 0 Å². The van der Waals surface area contributed by atoms with Crippen LogP contribution in [0.3, 0.4) is 0 Å². The van der Waals surface area contributed by atoms with Crippen LogP contribution in [0.1, 0.15) is 17.3 Å². The van der Waals surface area contributed by atoms with Crippen LogP contribution in [0.5, 0.6) is 0 Å². The molecule has 9 heteroatoms. The minimum absolute atomic E-state index is 0.0150. The summed E-state index contributed by atoms with van der Waals surface area (Å²) in [6.07, 6.45) is 0. The molecule has 28 heavy (non-hydrogen) atoms. The Morgan fingerprint density at radius 1 is 1.14 bits per heavy atom. The van der Waals surface area contributed by atoms with Gasteiger partial charge in [0.2, 0.25) is 0 Å². The highest BCUT2D eigenvalue weighted by molar-refractivity contribution is 6.33. The number of nitro groups is 1. The van der Waals surface area contributed by atoms with Crippen molar-refractivity contribution < 1.29 is 9.72 Å². The van der Waals surface area contributed by atoms with E-state index >= 15 is 0 Å². The smallest absolute Gasteiger partial charge is 0.288 e. The summed E-state index contributed by atoms with van der Waals surface area (Å²) in [5, 5.41) is 14.4. The molecular weight excluding hydrogens is 403 g/mol. The Bertz CT molecular complexity index is 899. The van der Waals surface area contributed by atoms with Gasteiger partial charge >= 0.3 is 0 Å². The molecule has 1 aliphatic rings. The van der Waals surface area contributed by atoms with Crippen LogP contribution in [0, 0.1) is 10.1 Å². The zero-order valence-electron chi connectivity index (χ0n) is 15.3. The van der Waals surface area contributed by atoms with Crippen molar-refractivity contribution in [1.29, 1.82) is 0 Å². The number of hydrogen-bond acceptors (Lipinski definition) is 5. The van der Waals surface area contributed by atoms with Gasteiger partial charge in [0, 0.05) is 42.8 Å². The van der Waals surface area contributed by atoms with Crippen molar-refractivity contribution in [3.63, 3.8) is 0 Å². The average Bonchev–Trinajstić information content (AvgIpc) is 2.68. The first-order valence-corrected chi connectivity index (χ1v) is 9.66. The third-order valence-corrected chi connectivity index (χ3v) is 5.33. The number of benzene rings is 2. The second-order valence-corrected chi connectivity index (χ2v) is 7.30. The maximum Gasteiger partial charge on any atom is 0.288 e. The Kier molecular flexibility index (Phi) is 6.39. The molecule has 0 spiro atoms. The maximum absolute atomic E-state index is 12.7. The number of anilines is 2. The number of carbonyl (C=O) groups is 1. The zero-order chi connectivity index (χ0) is 20.3. The van der Waals surface area contributed by atoms with Crippen LogP contribution in [0.15, 0.2) is 36.4 Å². The molecule has 1 fully saturated rings. The molecule has 148 valence electrons. The summed E-state index contributed by atoms with van der Waals surface area (Å²) in [6, 6.07) is 9.31. The van der Waals surface area contributed by atoms with Crippen molar-refractivity contribution in [3.8, 4) is 0 Å². The van der Waals surface area contributed by atoms with Gasteiger partial charge in [-0.15, -0.1) is 0 Å². The van der Waals surface area contributed by atoms with Gasteiger partial charge in [0.25, 0.3) is 11.6 Å². The molecule has 1 N–H and O–H groups in total. The molecule has 0 radical (unpaired) electrons. The fraction of sp³-hybridized carbons (Fsp3) is 0.316. The number of rotatable bonds is 5. The van der Waals surface area contributed by atoms with E-state index in [1.807, 2.05) is 6.07 Å². The molecule has 1 heterocycles.